The number of carboxylic acid groups (broad SMARTS) is 1. The molecule has 2 aromatic rings. The van der Waals surface area contributed by atoms with Gasteiger partial charge in [0.2, 0.25) is 5.43 Å². The van der Waals surface area contributed by atoms with Crippen molar-refractivity contribution in [3.63, 3.8) is 0 Å². The Labute approximate surface area is 162 Å². The number of pyridine rings is 1. The van der Waals surface area contributed by atoms with Crippen LogP contribution in [0.1, 0.15) is 54.6 Å². The maximum Gasteiger partial charge on any atom is 0.341 e. The number of anilines is 1. The van der Waals surface area contributed by atoms with Crippen molar-refractivity contribution in [1.82, 2.24) is 4.57 Å². The first kappa shape index (κ1) is 18.9. The fraction of sp³-hybridized carbons (Fsp3) is 0.524. The Hall–Kier alpha value is -2.41. The molecule has 1 N–H and O–H groups in total. The van der Waals surface area contributed by atoms with E-state index < -0.39 is 17.2 Å². The van der Waals surface area contributed by atoms with Crippen LogP contribution in [0.15, 0.2) is 17.1 Å². The van der Waals surface area contributed by atoms with E-state index in [0.29, 0.717) is 30.9 Å². The number of carboxylic acids is 1. The molecule has 7 heteroatoms. The molecule has 6 nitrogen and oxygen atoms in total. The molecule has 0 bridgehead atoms. The summed E-state index contributed by atoms with van der Waals surface area (Å²) in [6.45, 7) is 5.59. The number of carbonyl (C=O) groups is 1. The molecule has 150 valence electrons. The number of halogens is 1. The number of aromatic nitrogens is 1. The van der Waals surface area contributed by atoms with Crippen LogP contribution in [0.3, 0.4) is 0 Å². The third-order valence-electron chi connectivity index (χ3n) is 5.83. The van der Waals surface area contributed by atoms with Gasteiger partial charge < -0.3 is 19.3 Å². The fourth-order valence-electron chi connectivity index (χ4n) is 4.19. The van der Waals surface area contributed by atoms with Crippen molar-refractivity contribution in [2.45, 2.75) is 51.7 Å². The van der Waals surface area contributed by atoms with Crippen LogP contribution >= 0.6 is 0 Å². The molecule has 1 saturated heterocycles. The number of hydrogen-bond acceptors (Lipinski definition) is 4. The number of aryl methyl sites for hydroxylation is 1. The van der Waals surface area contributed by atoms with E-state index in [1.165, 1.54) is 6.20 Å². The zero-order chi connectivity index (χ0) is 20.0. The summed E-state index contributed by atoms with van der Waals surface area (Å²) in [4.78, 5) is 26.3. The minimum absolute atomic E-state index is 0.169. The molecule has 1 aromatic heterocycles. The quantitative estimate of drug-likeness (QED) is 0.849. The summed E-state index contributed by atoms with van der Waals surface area (Å²) in [6.07, 6.45) is 5.15. The van der Waals surface area contributed by atoms with Gasteiger partial charge in [-0.05, 0) is 45.6 Å². The van der Waals surface area contributed by atoms with Gasteiger partial charge >= 0.3 is 5.97 Å². The average molecular weight is 388 g/mol. The van der Waals surface area contributed by atoms with Crippen LogP contribution in [-0.2, 0) is 4.74 Å². The predicted molar refractivity (Wildman–Crippen MR) is 105 cm³/mol. The van der Waals surface area contributed by atoms with Crippen molar-refractivity contribution in [1.29, 1.82) is 0 Å². The molecule has 1 saturated carbocycles. The SMILES string of the molecule is CCOC1CCN(c2cc3c(c(C)c2F)c(=O)c(C(=O)O)cn3C2CC2)CC1. The average Bonchev–Trinajstić information content (AvgIpc) is 3.50. The van der Waals surface area contributed by atoms with E-state index in [1.54, 1.807) is 13.0 Å². The summed E-state index contributed by atoms with van der Waals surface area (Å²) in [5.41, 5.74) is 0.418. The summed E-state index contributed by atoms with van der Waals surface area (Å²) in [5, 5.41) is 9.59. The van der Waals surface area contributed by atoms with Crippen LogP contribution in [-0.4, -0.2) is 41.4 Å². The van der Waals surface area contributed by atoms with Gasteiger partial charge in [0.25, 0.3) is 0 Å². The molecule has 2 heterocycles. The second-order valence-corrected chi connectivity index (χ2v) is 7.69. The molecule has 2 aliphatic rings. The molecule has 0 spiro atoms. The van der Waals surface area contributed by atoms with Gasteiger partial charge in [-0.2, -0.15) is 0 Å². The molecule has 1 aliphatic carbocycles. The van der Waals surface area contributed by atoms with E-state index in [0.717, 1.165) is 25.7 Å². The molecule has 4 rings (SSSR count). The summed E-state index contributed by atoms with van der Waals surface area (Å²) in [6, 6.07) is 1.90. The zero-order valence-corrected chi connectivity index (χ0v) is 16.2. The van der Waals surface area contributed by atoms with Crippen LogP contribution in [0.4, 0.5) is 10.1 Å². The van der Waals surface area contributed by atoms with Crippen LogP contribution in [0.5, 0.6) is 0 Å². The highest BCUT2D eigenvalue weighted by Crippen LogP contribution is 2.39. The molecule has 0 radical (unpaired) electrons. The van der Waals surface area contributed by atoms with E-state index in [4.69, 9.17) is 4.74 Å². The van der Waals surface area contributed by atoms with Crippen molar-refractivity contribution in [3.8, 4) is 0 Å². The van der Waals surface area contributed by atoms with E-state index in [9.17, 15) is 14.7 Å². The van der Waals surface area contributed by atoms with Crippen molar-refractivity contribution in [2.24, 2.45) is 0 Å². The Bertz CT molecular complexity index is 988. The van der Waals surface area contributed by atoms with E-state index in [-0.39, 0.29) is 28.7 Å². The van der Waals surface area contributed by atoms with Crippen LogP contribution in [0.25, 0.3) is 10.9 Å². The number of aromatic carboxylic acids is 1. The van der Waals surface area contributed by atoms with E-state index >= 15 is 4.39 Å². The van der Waals surface area contributed by atoms with Gasteiger partial charge in [-0.3, -0.25) is 4.79 Å². The van der Waals surface area contributed by atoms with Gasteiger partial charge in [0.1, 0.15) is 11.4 Å². The highest BCUT2D eigenvalue weighted by atomic mass is 19.1. The largest absolute Gasteiger partial charge is 0.477 e. The first-order valence-corrected chi connectivity index (χ1v) is 9.90. The Morgan fingerprint density at radius 1 is 1.29 bits per heavy atom. The second kappa shape index (κ2) is 7.20. The Kier molecular flexibility index (Phi) is 4.87. The number of nitrogens with zero attached hydrogens (tertiary/aromatic N) is 2. The lowest BCUT2D eigenvalue weighted by Gasteiger charge is -2.34. The molecule has 0 amide bonds. The number of fused-ring (bicyclic) bond motifs is 1. The molecule has 2 fully saturated rings. The summed E-state index contributed by atoms with van der Waals surface area (Å²) in [5.74, 6) is -1.72. The van der Waals surface area contributed by atoms with Crippen molar-refractivity contribution in [2.75, 3.05) is 24.6 Å². The molecular formula is C21H25FN2O4. The third-order valence-corrected chi connectivity index (χ3v) is 5.83. The minimum atomic E-state index is -1.27. The number of ether oxygens (including phenoxy) is 1. The number of rotatable bonds is 5. The summed E-state index contributed by atoms with van der Waals surface area (Å²) in [7, 11) is 0. The highest BCUT2D eigenvalue weighted by Gasteiger charge is 2.30. The Morgan fingerprint density at radius 3 is 2.54 bits per heavy atom. The molecule has 28 heavy (non-hydrogen) atoms. The van der Waals surface area contributed by atoms with Crippen molar-refractivity contribution in [3.05, 3.63) is 39.4 Å². The second-order valence-electron chi connectivity index (χ2n) is 7.69. The van der Waals surface area contributed by atoms with Gasteiger partial charge in [0.15, 0.2) is 0 Å². The molecular weight excluding hydrogens is 363 g/mol. The van der Waals surface area contributed by atoms with Gasteiger partial charge in [0, 0.05) is 37.5 Å². The smallest absolute Gasteiger partial charge is 0.341 e. The lowest BCUT2D eigenvalue weighted by atomic mass is 10.0. The monoisotopic (exact) mass is 388 g/mol. The fourth-order valence-corrected chi connectivity index (χ4v) is 4.19. The van der Waals surface area contributed by atoms with Crippen molar-refractivity contribution >= 4 is 22.6 Å². The maximum atomic E-state index is 15.3. The standard InChI is InChI=1S/C21H25FN2O4/c1-3-28-14-6-8-23(9-7-14)17-10-16-18(12(2)19(17)22)20(25)15(21(26)27)11-24(16)13-4-5-13/h10-11,13-14H,3-9H2,1-2H3,(H,26,27). The molecule has 1 aliphatic heterocycles. The maximum absolute atomic E-state index is 15.3. The van der Waals surface area contributed by atoms with Crippen LogP contribution in [0.2, 0.25) is 0 Å². The van der Waals surface area contributed by atoms with Gasteiger partial charge in [-0.1, -0.05) is 0 Å². The molecule has 0 unspecified atom stereocenters. The van der Waals surface area contributed by atoms with Gasteiger partial charge in [-0.15, -0.1) is 0 Å². The number of piperidine rings is 1. The zero-order valence-electron chi connectivity index (χ0n) is 16.2. The van der Waals surface area contributed by atoms with Gasteiger partial charge in [0.05, 0.1) is 22.7 Å². The number of benzene rings is 1. The predicted octanol–water partition coefficient (Wildman–Crippen LogP) is 3.49. The van der Waals surface area contributed by atoms with Gasteiger partial charge in [-0.25, -0.2) is 9.18 Å². The normalized spacial score (nSPS) is 18.0. The lowest BCUT2D eigenvalue weighted by molar-refractivity contribution is 0.0458. The Balaban J connectivity index is 1.83. The topological polar surface area (TPSA) is 71.8 Å². The Morgan fingerprint density at radius 2 is 1.96 bits per heavy atom. The minimum Gasteiger partial charge on any atom is -0.477 e. The van der Waals surface area contributed by atoms with Crippen molar-refractivity contribution < 1.29 is 19.0 Å². The van der Waals surface area contributed by atoms with Crippen LogP contribution in [0, 0.1) is 12.7 Å². The number of hydrogen-bond donors (Lipinski definition) is 1. The highest BCUT2D eigenvalue weighted by molar-refractivity contribution is 5.95. The molecule has 1 aromatic carbocycles. The first-order valence-electron chi connectivity index (χ1n) is 9.90. The summed E-state index contributed by atoms with van der Waals surface area (Å²) >= 11 is 0. The first-order chi connectivity index (χ1) is 13.4. The molecule has 0 atom stereocenters. The van der Waals surface area contributed by atoms with E-state index in [1.807, 2.05) is 16.4 Å². The van der Waals surface area contributed by atoms with Crippen LogP contribution < -0.4 is 10.3 Å². The lowest BCUT2D eigenvalue weighted by Crippen LogP contribution is -2.37. The summed E-state index contributed by atoms with van der Waals surface area (Å²) < 4.78 is 22.8. The van der Waals surface area contributed by atoms with E-state index in [2.05, 4.69) is 0 Å². The third kappa shape index (κ3) is 3.17.